The summed E-state index contributed by atoms with van der Waals surface area (Å²) in [6.45, 7) is 0. The molecule has 0 bridgehead atoms. The number of nitrogen functional groups attached to an aromatic ring is 1. The molecular formula is C11H11FN2. The van der Waals surface area contributed by atoms with E-state index in [0.29, 0.717) is 0 Å². The lowest BCUT2D eigenvalue weighted by Gasteiger charge is -2.04. The van der Waals surface area contributed by atoms with Crippen LogP contribution in [0.3, 0.4) is 0 Å². The van der Waals surface area contributed by atoms with Gasteiger partial charge >= 0.3 is 0 Å². The van der Waals surface area contributed by atoms with Crippen LogP contribution in [-0.2, 0) is 7.05 Å². The van der Waals surface area contributed by atoms with E-state index in [1.54, 1.807) is 6.07 Å². The van der Waals surface area contributed by atoms with Gasteiger partial charge in [0.2, 0.25) is 0 Å². The van der Waals surface area contributed by atoms with E-state index < -0.39 is 0 Å². The second-order valence-corrected chi connectivity index (χ2v) is 3.24. The lowest BCUT2D eigenvalue weighted by molar-refractivity contribution is 0.633. The van der Waals surface area contributed by atoms with E-state index in [0.717, 1.165) is 11.3 Å². The quantitative estimate of drug-likeness (QED) is 0.688. The first kappa shape index (κ1) is 8.81. The van der Waals surface area contributed by atoms with Gasteiger partial charge in [0.1, 0.15) is 5.82 Å². The van der Waals surface area contributed by atoms with E-state index in [4.69, 9.17) is 5.73 Å². The normalized spacial score (nSPS) is 10.4. The molecule has 0 saturated carbocycles. The van der Waals surface area contributed by atoms with Crippen molar-refractivity contribution in [1.82, 2.24) is 4.57 Å². The van der Waals surface area contributed by atoms with Crippen LogP contribution >= 0.6 is 0 Å². The van der Waals surface area contributed by atoms with Crippen molar-refractivity contribution in [2.45, 2.75) is 0 Å². The second kappa shape index (κ2) is 3.18. The predicted molar refractivity (Wildman–Crippen MR) is 55.2 cm³/mol. The summed E-state index contributed by atoms with van der Waals surface area (Å²) in [5.74, 6) is -0.372. The molecule has 72 valence electrons. The summed E-state index contributed by atoms with van der Waals surface area (Å²) in [5.41, 5.74) is 7.39. The largest absolute Gasteiger partial charge is 0.396 e. The van der Waals surface area contributed by atoms with Gasteiger partial charge in [-0.1, -0.05) is 6.07 Å². The Morgan fingerprint density at radius 1 is 1.29 bits per heavy atom. The predicted octanol–water partition coefficient (Wildman–Crippen LogP) is 2.41. The number of hydrogen-bond acceptors (Lipinski definition) is 1. The van der Waals surface area contributed by atoms with E-state index in [9.17, 15) is 4.39 Å². The van der Waals surface area contributed by atoms with Crippen molar-refractivity contribution >= 4 is 5.69 Å². The van der Waals surface area contributed by atoms with Crippen molar-refractivity contribution in [3.05, 3.63) is 42.3 Å². The lowest BCUT2D eigenvalue weighted by atomic mass is 10.1. The third kappa shape index (κ3) is 1.37. The maximum atomic E-state index is 13.2. The van der Waals surface area contributed by atoms with E-state index >= 15 is 0 Å². The Hall–Kier alpha value is -1.77. The minimum absolute atomic E-state index is 0.183. The van der Waals surface area contributed by atoms with Gasteiger partial charge in [-0.2, -0.15) is 0 Å². The molecule has 0 aliphatic carbocycles. The topological polar surface area (TPSA) is 30.9 Å². The van der Waals surface area contributed by atoms with Gasteiger partial charge in [-0.3, -0.25) is 0 Å². The van der Waals surface area contributed by atoms with Gasteiger partial charge in [-0.25, -0.2) is 4.39 Å². The number of rotatable bonds is 1. The van der Waals surface area contributed by atoms with Crippen LogP contribution in [0.15, 0.2) is 36.5 Å². The number of halogens is 1. The number of nitrogens with two attached hydrogens (primary N) is 1. The third-order valence-corrected chi connectivity index (χ3v) is 2.24. The molecule has 0 aliphatic rings. The highest BCUT2D eigenvalue weighted by Crippen LogP contribution is 2.22. The van der Waals surface area contributed by atoms with Crippen LogP contribution in [0.25, 0.3) is 11.3 Å². The first-order valence-corrected chi connectivity index (χ1v) is 4.35. The minimum atomic E-state index is -0.372. The Morgan fingerprint density at radius 2 is 2.07 bits per heavy atom. The highest BCUT2D eigenvalue weighted by Gasteiger charge is 2.04. The fourth-order valence-corrected chi connectivity index (χ4v) is 1.45. The van der Waals surface area contributed by atoms with Crippen LogP contribution in [0.2, 0.25) is 0 Å². The average Bonchev–Trinajstić information content (AvgIpc) is 2.57. The van der Waals surface area contributed by atoms with Crippen molar-refractivity contribution in [3.63, 3.8) is 0 Å². The monoisotopic (exact) mass is 190 g/mol. The van der Waals surface area contributed by atoms with Gasteiger partial charge in [-0.05, 0) is 24.3 Å². The molecule has 1 heterocycles. The molecule has 1 aromatic carbocycles. The number of anilines is 1. The maximum absolute atomic E-state index is 13.2. The van der Waals surface area contributed by atoms with Gasteiger partial charge < -0.3 is 10.3 Å². The van der Waals surface area contributed by atoms with Gasteiger partial charge in [0.25, 0.3) is 0 Å². The average molecular weight is 190 g/mol. The summed E-state index contributed by atoms with van der Waals surface area (Å²) in [6.07, 6.45) is 1.92. The van der Waals surface area contributed by atoms with Crippen molar-refractivity contribution in [3.8, 4) is 11.3 Å². The standard InChI is InChI=1S/C11H11FN2/c1-14-6-2-3-11(14)8-4-5-10(13)9(12)7-8/h2-7H,13H2,1H3. The number of nitrogens with zero attached hydrogens (tertiary/aromatic N) is 1. The molecule has 0 unspecified atom stereocenters. The summed E-state index contributed by atoms with van der Waals surface area (Å²) in [4.78, 5) is 0. The summed E-state index contributed by atoms with van der Waals surface area (Å²) < 4.78 is 15.1. The molecular weight excluding hydrogens is 179 g/mol. The van der Waals surface area contributed by atoms with Gasteiger partial charge in [0.15, 0.2) is 0 Å². The Bertz CT molecular complexity index is 460. The summed E-state index contributed by atoms with van der Waals surface area (Å²) in [6, 6.07) is 8.70. The highest BCUT2D eigenvalue weighted by atomic mass is 19.1. The lowest BCUT2D eigenvalue weighted by Crippen LogP contribution is -1.93. The molecule has 2 rings (SSSR count). The van der Waals surface area contributed by atoms with E-state index in [1.807, 2.05) is 36.0 Å². The van der Waals surface area contributed by atoms with E-state index in [-0.39, 0.29) is 11.5 Å². The van der Waals surface area contributed by atoms with Crippen LogP contribution in [0.1, 0.15) is 0 Å². The molecule has 0 saturated heterocycles. The molecule has 0 radical (unpaired) electrons. The van der Waals surface area contributed by atoms with Gasteiger partial charge in [-0.15, -0.1) is 0 Å². The van der Waals surface area contributed by atoms with E-state index in [2.05, 4.69) is 0 Å². The molecule has 0 aliphatic heterocycles. The molecule has 0 spiro atoms. The zero-order valence-electron chi connectivity index (χ0n) is 7.87. The van der Waals surface area contributed by atoms with Gasteiger partial charge in [0.05, 0.1) is 5.69 Å². The Labute approximate surface area is 81.8 Å². The van der Waals surface area contributed by atoms with Crippen LogP contribution in [0, 0.1) is 5.82 Å². The maximum Gasteiger partial charge on any atom is 0.146 e. The molecule has 14 heavy (non-hydrogen) atoms. The van der Waals surface area contributed by atoms with Crippen molar-refractivity contribution in [1.29, 1.82) is 0 Å². The zero-order valence-corrected chi connectivity index (χ0v) is 7.87. The SMILES string of the molecule is Cn1cccc1-c1ccc(N)c(F)c1. The zero-order chi connectivity index (χ0) is 10.1. The molecule has 0 amide bonds. The number of aromatic nitrogens is 1. The fourth-order valence-electron chi connectivity index (χ4n) is 1.45. The Kier molecular flexibility index (Phi) is 2.00. The Balaban J connectivity index is 2.53. The van der Waals surface area contributed by atoms with Gasteiger partial charge in [0, 0.05) is 24.5 Å². The van der Waals surface area contributed by atoms with Crippen LogP contribution < -0.4 is 5.73 Å². The minimum Gasteiger partial charge on any atom is -0.396 e. The number of benzene rings is 1. The Morgan fingerprint density at radius 3 is 2.64 bits per heavy atom. The van der Waals surface area contributed by atoms with E-state index in [1.165, 1.54) is 6.07 Å². The molecule has 3 heteroatoms. The summed E-state index contributed by atoms with van der Waals surface area (Å²) in [7, 11) is 1.92. The highest BCUT2D eigenvalue weighted by molar-refractivity contribution is 5.63. The summed E-state index contributed by atoms with van der Waals surface area (Å²) in [5, 5.41) is 0. The molecule has 2 N–H and O–H groups in total. The van der Waals surface area contributed by atoms with Crippen LogP contribution in [-0.4, -0.2) is 4.57 Å². The molecule has 2 nitrogen and oxygen atoms in total. The molecule has 2 aromatic rings. The molecule has 0 atom stereocenters. The molecule has 0 fully saturated rings. The second-order valence-electron chi connectivity index (χ2n) is 3.24. The smallest absolute Gasteiger partial charge is 0.146 e. The fraction of sp³-hybridized carbons (Fsp3) is 0.0909. The number of hydrogen-bond donors (Lipinski definition) is 1. The van der Waals surface area contributed by atoms with Crippen LogP contribution in [0.5, 0.6) is 0 Å². The third-order valence-electron chi connectivity index (χ3n) is 2.24. The van der Waals surface area contributed by atoms with Crippen molar-refractivity contribution in [2.75, 3.05) is 5.73 Å². The van der Waals surface area contributed by atoms with Crippen molar-refractivity contribution < 1.29 is 4.39 Å². The first-order chi connectivity index (χ1) is 6.68. The van der Waals surface area contributed by atoms with Crippen molar-refractivity contribution in [2.24, 2.45) is 7.05 Å². The van der Waals surface area contributed by atoms with Crippen LogP contribution in [0.4, 0.5) is 10.1 Å². The number of aryl methyl sites for hydroxylation is 1. The summed E-state index contributed by atoms with van der Waals surface area (Å²) >= 11 is 0. The molecule has 1 aromatic heterocycles. The first-order valence-electron chi connectivity index (χ1n) is 4.35.